The number of hydrogen-bond donors (Lipinski definition) is 4. The Morgan fingerprint density at radius 2 is 1.88 bits per heavy atom. The van der Waals surface area contributed by atoms with E-state index in [1.807, 2.05) is 0 Å². The van der Waals surface area contributed by atoms with E-state index in [0.717, 1.165) is 25.7 Å². The molecule has 2 aromatic heterocycles. The lowest BCUT2D eigenvalue weighted by molar-refractivity contribution is -0.137. The van der Waals surface area contributed by atoms with Gasteiger partial charge in [0.2, 0.25) is 5.82 Å². The summed E-state index contributed by atoms with van der Waals surface area (Å²) in [6.45, 7) is 1.05. The summed E-state index contributed by atoms with van der Waals surface area (Å²) in [5.41, 5.74) is 6.66. The Balaban J connectivity index is 1.07. The molecule has 15 heteroatoms. The summed E-state index contributed by atoms with van der Waals surface area (Å²) in [6, 6.07) is 4.74. The Labute approximate surface area is 256 Å². The molecule has 3 aromatic rings. The molecule has 6 rings (SSSR count). The number of nitrogens with two attached hydrogens (primary N) is 1. The molecule has 5 N–H and O–H groups in total. The van der Waals surface area contributed by atoms with Gasteiger partial charge in [-0.1, -0.05) is 29.1 Å². The molecule has 2 amide bonds. The van der Waals surface area contributed by atoms with Crippen LogP contribution in [0.4, 0.5) is 10.6 Å². The van der Waals surface area contributed by atoms with E-state index < -0.39 is 36.5 Å². The number of aromatic nitrogens is 4. The van der Waals surface area contributed by atoms with Gasteiger partial charge < -0.3 is 35.6 Å². The Morgan fingerprint density at radius 1 is 1.12 bits per heavy atom. The summed E-state index contributed by atoms with van der Waals surface area (Å²) < 4.78 is 12.6. The standard InChI is InChI=1S/C28H29Cl2N7O6/c29-17-7-6-16(12-18(17)30)42-28(41)36-10-8-14(9-11-36)2-1-3-19-34-24(31)20-25(35-19)37(13-32-20)27-22(39)21(38)23(43-27)26(40)33-15-4-5-15/h6-7,12-15,21-23,27,38-39H,2,4-5,8-11H2,(H,33,40)(H2,31,34,35)/t21-,22+,23?,27?/m1/s1. The van der Waals surface area contributed by atoms with Crippen LogP contribution < -0.4 is 15.8 Å². The van der Waals surface area contributed by atoms with Crippen LogP contribution in [0.1, 0.15) is 44.2 Å². The Kier molecular flexibility index (Phi) is 8.30. The maximum atomic E-state index is 12.5. The highest BCUT2D eigenvalue weighted by molar-refractivity contribution is 6.42. The van der Waals surface area contributed by atoms with Gasteiger partial charge in [0.05, 0.1) is 16.4 Å². The van der Waals surface area contributed by atoms with Gasteiger partial charge in [-0.15, -0.1) is 0 Å². The number of nitrogens with zero attached hydrogens (tertiary/aromatic N) is 5. The monoisotopic (exact) mass is 629 g/mol. The predicted molar refractivity (Wildman–Crippen MR) is 155 cm³/mol. The summed E-state index contributed by atoms with van der Waals surface area (Å²) in [5.74, 6) is 6.42. The number of aliphatic hydroxyl groups excluding tert-OH is 2. The minimum Gasteiger partial charge on any atom is -0.410 e. The first-order valence-corrected chi connectivity index (χ1v) is 14.7. The number of fused-ring (bicyclic) bond motifs is 1. The van der Waals surface area contributed by atoms with Gasteiger partial charge in [0.1, 0.15) is 23.5 Å². The fourth-order valence-electron chi connectivity index (χ4n) is 5.10. The van der Waals surface area contributed by atoms with Crippen LogP contribution in [-0.2, 0) is 9.53 Å². The molecule has 0 bridgehead atoms. The molecule has 43 heavy (non-hydrogen) atoms. The predicted octanol–water partition coefficient (Wildman–Crippen LogP) is 2.27. The first kappa shape index (κ1) is 29.4. The summed E-state index contributed by atoms with van der Waals surface area (Å²) >= 11 is 11.9. The molecule has 226 valence electrons. The number of benzene rings is 1. The maximum absolute atomic E-state index is 12.5. The number of piperidine rings is 1. The summed E-state index contributed by atoms with van der Waals surface area (Å²) in [5, 5.41) is 24.6. The number of carbonyl (C=O) groups excluding carboxylic acids is 2. The SMILES string of the molecule is Nc1nc(C#CCC2CCN(C(=O)Oc3ccc(Cl)c(Cl)c3)CC2)nc2c1ncn2C1OC(C(=O)NC2CC2)[C@H](O)[C@@H]1O. The first-order chi connectivity index (χ1) is 20.7. The van der Waals surface area contributed by atoms with Crippen molar-refractivity contribution < 1.29 is 29.3 Å². The van der Waals surface area contributed by atoms with Crippen molar-refractivity contribution >= 4 is 52.2 Å². The Hall–Kier alpha value is -3.67. The molecule has 4 atom stereocenters. The van der Waals surface area contributed by atoms with Crippen LogP contribution in [0, 0.1) is 17.8 Å². The van der Waals surface area contributed by atoms with Crippen molar-refractivity contribution in [1.29, 1.82) is 0 Å². The number of rotatable bonds is 5. The van der Waals surface area contributed by atoms with Gasteiger partial charge in [0.25, 0.3) is 5.91 Å². The van der Waals surface area contributed by atoms with Crippen molar-refractivity contribution in [2.75, 3.05) is 18.8 Å². The number of likely N-dealkylation sites (tertiary alicyclic amines) is 1. The van der Waals surface area contributed by atoms with Gasteiger partial charge in [-0.3, -0.25) is 9.36 Å². The molecule has 0 radical (unpaired) electrons. The molecular weight excluding hydrogens is 601 g/mol. The molecule has 1 aromatic carbocycles. The van der Waals surface area contributed by atoms with Crippen LogP contribution >= 0.6 is 23.2 Å². The fourth-order valence-corrected chi connectivity index (χ4v) is 5.39. The molecule has 2 aliphatic heterocycles. The molecule has 2 saturated heterocycles. The zero-order chi connectivity index (χ0) is 30.2. The lowest BCUT2D eigenvalue weighted by Gasteiger charge is -2.30. The van der Waals surface area contributed by atoms with Crippen LogP contribution in [-0.4, -0.2) is 84.1 Å². The third kappa shape index (κ3) is 6.34. The van der Waals surface area contributed by atoms with Crippen LogP contribution in [0.5, 0.6) is 5.75 Å². The van der Waals surface area contributed by atoms with Crippen molar-refractivity contribution in [2.24, 2.45) is 5.92 Å². The highest BCUT2D eigenvalue weighted by Gasteiger charge is 2.48. The van der Waals surface area contributed by atoms with Gasteiger partial charge in [-0.05, 0) is 49.7 Å². The number of aliphatic hydroxyl groups is 2. The van der Waals surface area contributed by atoms with E-state index in [1.54, 1.807) is 17.0 Å². The third-order valence-electron chi connectivity index (χ3n) is 7.70. The summed E-state index contributed by atoms with van der Waals surface area (Å²) in [4.78, 5) is 39.6. The lowest BCUT2D eigenvalue weighted by atomic mass is 9.94. The zero-order valence-electron chi connectivity index (χ0n) is 22.8. The maximum Gasteiger partial charge on any atom is 0.415 e. The van der Waals surface area contributed by atoms with E-state index in [4.69, 9.17) is 38.4 Å². The minimum atomic E-state index is -1.43. The van der Waals surface area contributed by atoms with Crippen molar-refractivity contribution in [3.05, 3.63) is 40.4 Å². The molecule has 13 nitrogen and oxygen atoms in total. The first-order valence-electron chi connectivity index (χ1n) is 13.9. The normalized spacial score (nSPS) is 24.0. The molecular formula is C28H29Cl2N7O6. The Bertz CT molecular complexity index is 1610. The minimum absolute atomic E-state index is 0.0754. The van der Waals surface area contributed by atoms with E-state index in [2.05, 4.69) is 32.1 Å². The second kappa shape index (κ2) is 12.1. The quantitative estimate of drug-likeness (QED) is 0.306. The number of halogens is 2. The third-order valence-corrected chi connectivity index (χ3v) is 8.44. The fraction of sp³-hybridized carbons (Fsp3) is 0.464. The average Bonchev–Trinajstić information content (AvgIpc) is 3.62. The average molecular weight is 630 g/mol. The highest BCUT2D eigenvalue weighted by atomic mass is 35.5. The van der Waals surface area contributed by atoms with Gasteiger partial charge in [0.15, 0.2) is 23.8 Å². The number of carbonyl (C=O) groups is 2. The smallest absolute Gasteiger partial charge is 0.410 e. The van der Waals surface area contributed by atoms with Crippen molar-refractivity contribution in [1.82, 2.24) is 29.7 Å². The molecule has 3 aliphatic rings. The van der Waals surface area contributed by atoms with Crippen LogP contribution in [0.15, 0.2) is 24.5 Å². The van der Waals surface area contributed by atoms with Gasteiger partial charge in [-0.2, -0.15) is 0 Å². The van der Waals surface area contributed by atoms with Crippen LogP contribution in [0.3, 0.4) is 0 Å². The van der Waals surface area contributed by atoms with Crippen molar-refractivity contribution in [3.8, 4) is 17.6 Å². The molecule has 2 unspecified atom stereocenters. The number of ether oxygens (including phenoxy) is 2. The zero-order valence-corrected chi connectivity index (χ0v) is 24.3. The van der Waals surface area contributed by atoms with Crippen molar-refractivity contribution in [3.63, 3.8) is 0 Å². The van der Waals surface area contributed by atoms with E-state index in [9.17, 15) is 19.8 Å². The van der Waals surface area contributed by atoms with E-state index >= 15 is 0 Å². The number of anilines is 1. The second-order valence-corrected chi connectivity index (χ2v) is 11.7. The highest BCUT2D eigenvalue weighted by Crippen LogP contribution is 2.33. The van der Waals surface area contributed by atoms with E-state index in [1.165, 1.54) is 17.0 Å². The summed E-state index contributed by atoms with van der Waals surface area (Å²) in [7, 11) is 0. The molecule has 1 saturated carbocycles. The number of imidazole rings is 1. The van der Waals surface area contributed by atoms with Crippen LogP contribution in [0.25, 0.3) is 11.2 Å². The van der Waals surface area contributed by atoms with Crippen molar-refractivity contribution in [2.45, 2.75) is 62.7 Å². The molecule has 3 fully saturated rings. The number of nitrogens with one attached hydrogen (secondary N) is 1. The lowest BCUT2D eigenvalue weighted by Crippen LogP contribution is -2.43. The topological polar surface area (TPSA) is 178 Å². The van der Waals surface area contributed by atoms with Crippen LogP contribution in [0.2, 0.25) is 10.0 Å². The molecule has 1 aliphatic carbocycles. The largest absolute Gasteiger partial charge is 0.415 e. The van der Waals surface area contributed by atoms with E-state index in [-0.39, 0.29) is 34.8 Å². The van der Waals surface area contributed by atoms with Gasteiger partial charge in [0, 0.05) is 31.6 Å². The van der Waals surface area contributed by atoms with Gasteiger partial charge >= 0.3 is 6.09 Å². The number of amides is 2. The molecule has 4 heterocycles. The van der Waals surface area contributed by atoms with E-state index in [0.29, 0.717) is 35.3 Å². The second-order valence-electron chi connectivity index (χ2n) is 10.8. The molecule has 0 spiro atoms. The number of nitrogen functional groups attached to an aromatic ring is 1. The summed E-state index contributed by atoms with van der Waals surface area (Å²) in [6.07, 6.45) is -0.448. The van der Waals surface area contributed by atoms with Gasteiger partial charge in [-0.25, -0.2) is 19.7 Å². The Morgan fingerprint density at radius 3 is 2.60 bits per heavy atom. The number of hydrogen-bond acceptors (Lipinski definition) is 10.